The number of hydrogen-bond acceptors (Lipinski definition) is 10. The number of nitrogens with zero attached hydrogens (tertiary/aromatic N) is 5. The van der Waals surface area contributed by atoms with Gasteiger partial charge in [0.15, 0.2) is 0 Å². The predicted molar refractivity (Wildman–Crippen MR) is 109 cm³/mol. The summed E-state index contributed by atoms with van der Waals surface area (Å²) in [5.74, 6) is 2.00. The van der Waals surface area contributed by atoms with Gasteiger partial charge in [-0.3, -0.25) is 4.79 Å². The van der Waals surface area contributed by atoms with Crippen LogP contribution in [0.4, 0.5) is 0 Å². The Bertz CT molecular complexity index is 1220. The minimum atomic E-state index is -0.198. The molecule has 0 aliphatic rings. The van der Waals surface area contributed by atoms with Gasteiger partial charge in [0.25, 0.3) is 16.7 Å². The van der Waals surface area contributed by atoms with Crippen LogP contribution in [0.5, 0.6) is 11.5 Å². The molecule has 3 aromatic heterocycles. The molecule has 0 saturated heterocycles. The van der Waals surface area contributed by atoms with Crippen LogP contribution in [0.2, 0.25) is 0 Å². The Labute approximate surface area is 173 Å². The van der Waals surface area contributed by atoms with E-state index < -0.39 is 0 Å². The van der Waals surface area contributed by atoms with Gasteiger partial charge in [0, 0.05) is 17.9 Å². The van der Waals surface area contributed by atoms with Crippen molar-refractivity contribution in [1.29, 1.82) is 0 Å². The fourth-order valence-corrected chi connectivity index (χ4v) is 4.11. The highest BCUT2D eigenvalue weighted by Gasteiger charge is 2.16. The molecule has 0 atom stereocenters. The second kappa shape index (κ2) is 8.21. The third-order valence-electron chi connectivity index (χ3n) is 4.03. The van der Waals surface area contributed by atoms with Gasteiger partial charge in [-0.25, -0.2) is 4.98 Å². The summed E-state index contributed by atoms with van der Waals surface area (Å²) in [4.78, 5) is 17.3. The summed E-state index contributed by atoms with van der Waals surface area (Å²) in [5, 5.41) is 13.6. The number of thioether (sulfide) groups is 1. The first-order valence-corrected chi connectivity index (χ1v) is 10.5. The lowest BCUT2D eigenvalue weighted by Crippen LogP contribution is -2.15. The standard InChI is InChI=1S/C18H17N5O4S2/c1-4-14-22-23-15(24)7-10(19-17(23)29-14)9-28-18-21-20-16(27-18)12-6-5-11(25-2)8-13(12)26-3/h5-8H,4,9H2,1-3H3. The SMILES string of the molecule is CCc1nn2c(=O)cc(CSc3nnc(-c4ccc(OC)cc4OC)o3)nc2s1. The van der Waals surface area contributed by atoms with Gasteiger partial charge in [-0.05, 0) is 18.6 Å². The Morgan fingerprint density at radius 1 is 1.21 bits per heavy atom. The number of methoxy groups -OCH3 is 2. The van der Waals surface area contributed by atoms with Crippen LogP contribution in [0.3, 0.4) is 0 Å². The molecule has 29 heavy (non-hydrogen) atoms. The van der Waals surface area contributed by atoms with Crippen LogP contribution in [-0.4, -0.2) is 39.0 Å². The van der Waals surface area contributed by atoms with Gasteiger partial charge in [0.1, 0.15) is 16.5 Å². The van der Waals surface area contributed by atoms with Crippen LogP contribution < -0.4 is 15.0 Å². The molecule has 0 N–H and O–H groups in total. The largest absolute Gasteiger partial charge is 0.497 e. The molecule has 0 radical (unpaired) electrons. The van der Waals surface area contributed by atoms with Crippen LogP contribution in [0.15, 0.2) is 38.7 Å². The Morgan fingerprint density at radius 3 is 2.83 bits per heavy atom. The maximum atomic E-state index is 12.2. The highest BCUT2D eigenvalue weighted by Crippen LogP contribution is 2.34. The third-order valence-corrected chi connectivity index (χ3v) is 5.94. The number of ether oxygens (including phenoxy) is 2. The van der Waals surface area contributed by atoms with E-state index in [1.165, 1.54) is 33.7 Å². The van der Waals surface area contributed by atoms with Crippen molar-refractivity contribution in [1.82, 2.24) is 24.8 Å². The Kier molecular flexibility index (Phi) is 5.49. The fourth-order valence-electron chi connectivity index (χ4n) is 2.60. The number of aryl methyl sites for hydroxylation is 1. The molecule has 4 aromatic rings. The number of benzene rings is 1. The molecule has 4 rings (SSSR count). The minimum Gasteiger partial charge on any atom is -0.497 e. The maximum absolute atomic E-state index is 12.2. The van der Waals surface area contributed by atoms with Crippen molar-refractivity contribution in [2.45, 2.75) is 24.3 Å². The van der Waals surface area contributed by atoms with Crippen molar-refractivity contribution in [3.05, 3.63) is 45.3 Å². The number of hydrogen-bond donors (Lipinski definition) is 0. The normalized spacial score (nSPS) is 11.1. The summed E-state index contributed by atoms with van der Waals surface area (Å²) in [6.07, 6.45) is 0.761. The lowest BCUT2D eigenvalue weighted by Gasteiger charge is -2.07. The second-order valence-electron chi connectivity index (χ2n) is 5.86. The summed E-state index contributed by atoms with van der Waals surface area (Å²) in [6, 6.07) is 6.81. The Hall–Kier alpha value is -2.92. The summed E-state index contributed by atoms with van der Waals surface area (Å²) in [5.41, 5.74) is 1.10. The van der Waals surface area contributed by atoms with E-state index in [2.05, 4.69) is 20.3 Å². The Balaban J connectivity index is 1.53. The summed E-state index contributed by atoms with van der Waals surface area (Å²) < 4.78 is 17.7. The molecule has 0 saturated carbocycles. The van der Waals surface area contributed by atoms with E-state index >= 15 is 0 Å². The zero-order valence-electron chi connectivity index (χ0n) is 15.9. The van der Waals surface area contributed by atoms with Crippen molar-refractivity contribution < 1.29 is 13.9 Å². The monoisotopic (exact) mass is 431 g/mol. The molecule has 0 amide bonds. The highest BCUT2D eigenvalue weighted by atomic mass is 32.2. The quantitative estimate of drug-likeness (QED) is 0.408. The number of aromatic nitrogens is 5. The molecule has 0 bridgehead atoms. The van der Waals surface area contributed by atoms with Crippen LogP contribution in [0.1, 0.15) is 17.6 Å². The molecule has 0 aliphatic carbocycles. The van der Waals surface area contributed by atoms with Gasteiger partial charge in [0.2, 0.25) is 4.96 Å². The zero-order chi connectivity index (χ0) is 20.4. The smallest absolute Gasteiger partial charge is 0.277 e. The molecule has 0 aliphatic heterocycles. The zero-order valence-corrected chi connectivity index (χ0v) is 17.5. The number of fused-ring (bicyclic) bond motifs is 1. The molecule has 0 fully saturated rings. The van der Waals surface area contributed by atoms with Crippen molar-refractivity contribution in [2.75, 3.05) is 14.2 Å². The highest BCUT2D eigenvalue weighted by molar-refractivity contribution is 7.98. The lowest BCUT2D eigenvalue weighted by molar-refractivity contribution is 0.393. The molecule has 150 valence electrons. The molecule has 0 spiro atoms. The molecule has 1 aromatic carbocycles. The van der Waals surface area contributed by atoms with Gasteiger partial charge < -0.3 is 13.9 Å². The van der Waals surface area contributed by atoms with Crippen LogP contribution >= 0.6 is 23.1 Å². The molecular weight excluding hydrogens is 414 g/mol. The average Bonchev–Trinajstić information content (AvgIpc) is 3.38. The molecular formula is C18H17N5O4S2. The lowest BCUT2D eigenvalue weighted by atomic mass is 10.2. The number of rotatable bonds is 7. The van der Waals surface area contributed by atoms with E-state index in [4.69, 9.17) is 13.9 Å². The van der Waals surface area contributed by atoms with Gasteiger partial charge in [0.05, 0.1) is 25.5 Å². The summed E-state index contributed by atoms with van der Waals surface area (Å²) in [6.45, 7) is 1.99. The van der Waals surface area contributed by atoms with Crippen LogP contribution in [0.25, 0.3) is 16.4 Å². The second-order valence-corrected chi connectivity index (χ2v) is 7.82. The van der Waals surface area contributed by atoms with Gasteiger partial charge in [-0.2, -0.15) is 9.61 Å². The first-order chi connectivity index (χ1) is 14.1. The van der Waals surface area contributed by atoms with Gasteiger partial charge in [-0.1, -0.05) is 30.0 Å². The maximum Gasteiger partial charge on any atom is 0.277 e. The fraction of sp³-hybridized carbons (Fsp3) is 0.278. The van der Waals surface area contributed by atoms with E-state index in [1.54, 1.807) is 32.4 Å². The molecule has 0 unspecified atom stereocenters. The van der Waals surface area contributed by atoms with E-state index in [1.807, 2.05) is 6.92 Å². The molecule has 9 nitrogen and oxygen atoms in total. The third kappa shape index (κ3) is 3.96. The topological polar surface area (TPSA) is 105 Å². The van der Waals surface area contributed by atoms with E-state index in [9.17, 15) is 4.79 Å². The summed E-state index contributed by atoms with van der Waals surface area (Å²) >= 11 is 2.72. The van der Waals surface area contributed by atoms with Crippen molar-refractivity contribution in [3.63, 3.8) is 0 Å². The van der Waals surface area contributed by atoms with Gasteiger partial charge >= 0.3 is 0 Å². The van der Waals surface area contributed by atoms with Crippen molar-refractivity contribution in [2.24, 2.45) is 0 Å². The first-order valence-electron chi connectivity index (χ1n) is 8.68. The molecule has 11 heteroatoms. The van der Waals surface area contributed by atoms with E-state index in [0.717, 1.165) is 11.4 Å². The Morgan fingerprint density at radius 2 is 2.07 bits per heavy atom. The minimum absolute atomic E-state index is 0.198. The van der Waals surface area contributed by atoms with E-state index in [-0.39, 0.29) is 5.56 Å². The summed E-state index contributed by atoms with van der Waals surface area (Å²) in [7, 11) is 3.15. The first kappa shape index (κ1) is 19.4. The van der Waals surface area contributed by atoms with Crippen LogP contribution in [-0.2, 0) is 12.2 Å². The van der Waals surface area contributed by atoms with Crippen molar-refractivity contribution >= 4 is 28.1 Å². The van der Waals surface area contributed by atoms with E-state index in [0.29, 0.717) is 44.6 Å². The van der Waals surface area contributed by atoms with Crippen LogP contribution in [0, 0.1) is 0 Å². The average molecular weight is 431 g/mol. The van der Waals surface area contributed by atoms with Gasteiger partial charge in [-0.15, -0.1) is 10.2 Å². The predicted octanol–water partition coefficient (Wildman–Crippen LogP) is 3.07. The molecule has 3 heterocycles. The van der Waals surface area contributed by atoms with Crippen molar-refractivity contribution in [3.8, 4) is 23.0 Å².